The summed E-state index contributed by atoms with van der Waals surface area (Å²) in [6.07, 6.45) is 3.48. The molecule has 0 spiro atoms. The Morgan fingerprint density at radius 1 is 0.839 bits per heavy atom. The van der Waals surface area contributed by atoms with E-state index in [9.17, 15) is 8.78 Å². The van der Waals surface area contributed by atoms with Gasteiger partial charge in [0, 0.05) is 10.9 Å². The van der Waals surface area contributed by atoms with Gasteiger partial charge in [-0.15, -0.1) is 6.58 Å². The highest BCUT2D eigenvalue weighted by atomic mass is 19.1. The van der Waals surface area contributed by atoms with E-state index in [1.807, 2.05) is 24.3 Å². The van der Waals surface area contributed by atoms with Crippen LogP contribution in [0.2, 0.25) is 0 Å². The lowest BCUT2D eigenvalue weighted by molar-refractivity contribution is 0.590. The van der Waals surface area contributed by atoms with E-state index in [1.165, 1.54) is 24.3 Å². The molecule has 4 rings (SSSR count). The summed E-state index contributed by atoms with van der Waals surface area (Å²) in [7, 11) is 0. The summed E-state index contributed by atoms with van der Waals surface area (Å²) in [6.45, 7) is 3.71. The molecule has 0 atom stereocenters. The monoisotopic (exact) mass is 413 g/mol. The van der Waals surface area contributed by atoms with Gasteiger partial charge in [0.15, 0.2) is 0 Å². The third-order valence-corrected chi connectivity index (χ3v) is 5.31. The molecule has 0 radical (unpaired) electrons. The van der Waals surface area contributed by atoms with E-state index in [-0.39, 0.29) is 16.7 Å². The minimum absolute atomic E-state index is 0.127. The van der Waals surface area contributed by atoms with Gasteiger partial charge in [0.2, 0.25) is 0 Å². The van der Waals surface area contributed by atoms with Crippen LogP contribution < -0.4 is 0 Å². The molecule has 0 aromatic heterocycles. The maximum Gasteiger partial charge on any atom is 0.138 e. The number of benzene rings is 4. The molecular formula is C27H18F3N. The van der Waals surface area contributed by atoms with Crippen molar-refractivity contribution in [3.05, 3.63) is 108 Å². The van der Waals surface area contributed by atoms with Crippen molar-refractivity contribution in [1.29, 1.82) is 5.26 Å². The van der Waals surface area contributed by atoms with Gasteiger partial charge < -0.3 is 0 Å². The third kappa shape index (κ3) is 3.95. The SMILES string of the molecule is C=CCCc1ccc2c(F)c(-c3cc(F)c(-c4ccc(C#N)cc4)c(F)c3)ccc2c1. The second-order valence-corrected chi connectivity index (χ2v) is 7.31. The first-order valence-electron chi connectivity index (χ1n) is 9.84. The van der Waals surface area contributed by atoms with Gasteiger partial charge in [-0.3, -0.25) is 0 Å². The van der Waals surface area contributed by atoms with Crippen LogP contribution in [-0.2, 0) is 6.42 Å². The van der Waals surface area contributed by atoms with Gasteiger partial charge in [-0.05, 0) is 59.2 Å². The van der Waals surface area contributed by atoms with Crippen molar-refractivity contribution in [2.45, 2.75) is 12.8 Å². The number of nitrogens with zero attached hydrogens (tertiary/aromatic N) is 1. The molecule has 0 fully saturated rings. The van der Waals surface area contributed by atoms with Gasteiger partial charge >= 0.3 is 0 Å². The van der Waals surface area contributed by atoms with Crippen molar-refractivity contribution < 1.29 is 13.2 Å². The van der Waals surface area contributed by atoms with Gasteiger partial charge in [0.05, 0.1) is 17.2 Å². The van der Waals surface area contributed by atoms with Crippen molar-refractivity contribution in [1.82, 2.24) is 0 Å². The smallest absolute Gasteiger partial charge is 0.138 e. The van der Waals surface area contributed by atoms with Crippen molar-refractivity contribution in [3.63, 3.8) is 0 Å². The molecule has 0 bridgehead atoms. The summed E-state index contributed by atoms with van der Waals surface area (Å²) < 4.78 is 44.9. The zero-order valence-corrected chi connectivity index (χ0v) is 16.6. The maximum absolute atomic E-state index is 15.2. The van der Waals surface area contributed by atoms with E-state index >= 15 is 4.39 Å². The summed E-state index contributed by atoms with van der Waals surface area (Å²) in [5.74, 6) is -2.10. The highest BCUT2D eigenvalue weighted by Gasteiger charge is 2.17. The zero-order chi connectivity index (χ0) is 22.0. The number of fused-ring (bicyclic) bond motifs is 1. The molecule has 0 aliphatic carbocycles. The molecule has 1 nitrogen and oxygen atoms in total. The van der Waals surface area contributed by atoms with Gasteiger partial charge in [0.25, 0.3) is 0 Å². The molecule has 31 heavy (non-hydrogen) atoms. The molecule has 0 heterocycles. The van der Waals surface area contributed by atoms with Crippen LogP contribution in [-0.4, -0.2) is 0 Å². The molecule has 0 saturated heterocycles. The lowest BCUT2D eigenvalue weighted by atomic mass is 9.95. The minimum atomic E-state index is -0.793. The van der Waals surface area contributed by atoms with E-state index in [4.69, 9.17) is 5.26 Å². The second-order valence-electron chi connectivity index (χ2n) is 7.31. The van der Waals surface area contributed by atoms with Crippen molar-refractivity contribution in [2.75, 3.05) is 0 Å². The Morgan fingerprint density at radius 3 is 2.19 bits per heavy atom. The second kappa shape index (κ2) is 8.49. The molecular weight excluding hydrogens is 395 g/mol. The fraction of sp³-hybridized carbons (Fsp3) is 0.0741. The Bertz CT molecular complexity index is 1310. The summed E-state index contributed by atoms with van der Waals surface area (Å²) in [5, 5.41) is 10.0. The van der Waals surface area contributed by atoms with Crippen LogP contribution in [0, 0.1) is 28.8 Å². The molecule has 0 N–H and O–H groups in total. The van der Waals surface area contributed by atoms with Crippen molar-refractivity contribution in [3.8, 4) is 28.3 Å². The zero-order valence-electron chi connectivity index (χ0n) is 16.6. The average Bonchev–Trinajstić information content (AvgIpc) is 2.77. The number of rotatable bonds is 5. The molecule has 0 amide bonds. The summed E-state index contributed by atoms with van der Waals surface area (Å²) in [4.78, 5) is 0. The highest BCUT2D eigenvalue weighted by molar-refractivity contribution is 5.89. The number of hydrogen-bond acceptors (Lipinski definition) is 1. The molecule has 0 aliphatic rings. The van der Waals surface area contributed by atoms with Crippen LogP contribution in [0.5, 0.6) is 0 Å². The van der Waals surface area contributed by atoms with Crippen LogP contribution in [0.25, 0.3) is 33.0 Å². The topological polar surface area (TPSA) is 23.8 Å². The Morgan fingerprint density at radius 2 is 1.55 bits per heavy atom. The maximum atomic E-state index is 15.2. The number of aryl methyl sites for hydroxylation is 1. The standard InChI is InChI=1S/C27H18F3N/c1-2-3-4-17-7-11-22-20(13-17)10-12-23(27(22)30)21-14-24(28)26(25(29)15-21)19-8-5-18(16-31)6-9-19/h2,5-15H,1,3-4H2. The van der Waals surface area contributed by atoms with Crippen LogP contribution >= 0.6 is 0 Å². The third-order valence-electron chi connectivity index (χ3n) is 5.31. The molecule has 0 unspecified atom stereocenters. The summed E-state index contributed by atoms with van der Waals surface area (Å²) in [6, 6.07) is 19.0. The van der Waals surface area contributed by atoms with Crippen molar-refractivity contribution in [2.24, 2.45) is 0 Å². The van der Waals surface area contributed by atoms with Crippen LogP contribution in [0.4, 0.5) is 13.2 Å². The lowest BCUT2D eigenvalue weighted by Gasteiger charge is -2.11. The molecule has 4 aromatic carbocycles. The fourth-order valence-electron chi connectivity index (χ4n) is 3.70. The Labute approximate surface area is 178 Å². The summed E-state index contributed by atoms with van der Waals surface area (Å²) in [5.41, 5.74) is 1.83. The number of nitriles is 1. The molecule has 4 heteroatoms. The first-order valence-corrected chi connectivity index (χ1v) is 9.84. The Kier molecular flexibility index (Phi) is 5.60. The number of hydrogen-bond donors (Lipinski definition) is 0. The number of allylic oxidation sites excluding steroid dienone is 1. The first kappa shape index (κ1) is 20.4. The largest absolute Gasteiger partial charge is 0.206 e. The van der Waals surface area contributed by atoms with E-state index in [0.29, 0.717) is 16.5 Å². The van der Waals surface area contributed by atoms with E-state index < -0.39 is 17.5 Å². The van der Waals surface area contributed by atoms with Gasteiger partial charge in [-0.2, -0.15) is 5.26 Å². The Balaban J connectivity index is 1.76. The molecule has 0 aliphatic heterocycles. The van der Waals surface area contributed by atoms with E-state index in [1.54, 1.807) is 18.2 Å². The predicted octanol–water partition coefficient (Wildman–Crippen LogP) is 7.58. The predicted molar refractivity (Wildman–Crippen MR) is 118 cm³/mol. The van der Waals surface area contributed by atoms with E-state index in [2.05, 4.69) is 6.58 Å². The molecule has 4 aromatic rings. The van der Waals surface area contributed by atoms with Gasteiger partial charge in [0.1, 0.15) is 17.5 Å². The summed E-state index contributed by atoms with van der Waals surface area (Å²) >= 11 is 0. The first-order chi connectivity index (χ1) is 15.0. The Hall–Kier alpha value is -3.84. The lowest BCUT2D eigenvalue weighted by Crippen LogP contribution is -1.95. The fourth-order valence-corrected chi connectivity index (χ4v) is 3.70. The quantitative estimate of drug-likeness (QED) is 0.309. The van der Waals surface area contributed by atoms with Crippen LogP contribution in [0.15, 0.2) is 79.4 Å². The van der Waals surface area contributed by atoms with Gasteiger partial charge in [-0.1, -0.05) is 48.5 Å². The normalized spacial score (nSPS) is 10.8. The molecule has 0 saturated carbocycles. The number of halogens is 3. The average molecular weight is 413 g/mol. The van der Waals surface area contributed by atoms with E-state index in [0.717, 1.165) is 35.9 Å². The van der Waals surface area contributed by atoms with Crippen LogP contribution in [0.1, 0.15) is 17.5 Å². The molecule has 152 valence electrons. The van der Waals surface area contributed by atoms with Gasteiger partial charge in [-0.25, -0.2) is 13.2 Å². The highest BCUT2D eigenvalue weighted by Crippen LogP contribution is 2.34. The van der Waals surface area contributed by atoms with Crippen LogP contribution in [0.3, 0.4) is 0 Å². The minimum Gasteiger partial charge on any atom is -0.206 e. The van der Waals surface area contributed by atoms with Crippen molar-refractivity contribution >= 4 is 10.8 Å².